The van der Waals surface area contributed by atoms with Crippen LogP contribution in [0, 0.1) is 16.7 Å². The summed E-state index contributed by atoms with van der Waals surface area (Å²) in [6.07, 6.45) is 10.3. The predicted octanol–water partition coefficient (Wildman–Crippen LogP) is 4.26. The van der Waals surface area contributed by atoms with Gasteiger partial charge in [-0.3, -0.25) is 4.68 Å². The van der Waals surface area contributed by atoms with Crippen molar-refractivity contribution >= 4 is 0 Å². The fraction of sp³-hybridized carbons (Fsp3) is 0.765. The van der Waals surface area contributed by atoms with Gasteiger partial charge in [-0.05, 0) is 32.3 Å². The summed E-state index contributed by atoms with van der Waals surface area (Å²) in [5, 5.41) is 14.4. The zero-order valence-electron chi connectivity index (χ0n) is 13.0. The summed E-state index contributed by atoms with van der Waals surface area (Å²) in [6.45, 7) is 5.17. The van der Waals surface area contributed by atoms with Crippen LogP contribution in [0.2, 0.25) is 0 Å². The molecule has 1 aromatic rings. The molecular formula is C17H27N3. The van der Waals surface area contributed by atoms with Crippen molar-refractivity contribution in [1.82, 2.24) is 9.78 Å². The third-order valence-corrected chi connectivity index (χ3v) is 4.64. The van der Waals surface area contributed by atoms with Gasteiger partial charge < -0.3 is 0 Å². The van der Waals surface area contributed by atoms with Crippen molar-refractivity contribution in [3.8, 4) is 6.07 Å². The Bertz CT molecular complexity index is 459. The van der Waals surface area contributed by atoms with Crippen molar-refractivity contribution in [1.29, 1.82) is 5.26 Å². The summed E-state index contributed by atoms with van der Waals surface area (Å²) in [7, 11) is 0. The van der Waals surface area contributed by atoms with Gasteiger partial charge in [-0.25, -0.2) is 0 Å². The van der Waals surface area contributed by atoms with E-state index in [9.17, 15) is 5.26 Å². The van der Waals surface area contributed by atoms with Crippen LogP contribution in [-0.4, -0.2) is 9.78 Å². The van der Waals surface area contributed by atoms with Gasteiger partial charge in [0, 0.05) is 18.7 Å². The van der Waals surface area contributed by atoms with Gasteiger partial charge in [0.05, 0.1) is 17.2 Å². The summed E-state index contributed by atoms with van der Waals surface area (Å²) in [5.41, 5.74) is 2.26. The second-order valence-corrected chi connectivity index (χ2v) is 6.13. The molecule has 0 aromatic carbocycles. The standard InChI is InChI=1S/C17H27N3/c1-3-15-12-16(20(4-2)19-15)13-17(14-18)10-8-6-5-7-9-11-17/h12H,3-11,13H2,1-2H3. The topological polar surface area (TPSA) is 41.6 Å². The smallest absolute Gasteiger partial charge is 0.0693 e. The SMILES string of the molecule is CCc1cc(CC2(C#N)CCCCCCC2)n(CC)n1. The Balaban J connectivity index is 2.19. The first kappa shape index (κ1) is 15.1. The molecule has 1 aliphatic carbocycles. The van der Waals surface area contributed by atoms with Gasteiger partial charge in [0.2, 0.25) is 0 Å². The van der Waals surface area contributed by atoms with Gasteiger partial charge in [-0.1, -0.05) is 39.0 Å². The molecule has 0 spiro atoms. The van der Waals surface area contributed by atoms with E-state index in [2.05, 4.69) is 35.8 Å². The van der Waals surface area contributed by atoms with Crippen LogP contribution >= 0.6 is 0 Å². The maximum atomic E-state index is 9.77. The lowest BCUT2D eigenvalue weighted by Gasteiger charge is -2.28. The Labute approximate surface area is 123 Å². The van der Waals surface area contributed by atoms with Crippen LogP contribution in [0.4, 0.5) is 0 Å². The third-order valence-electron chi connectivity index (χ3n) is 4.64. The number of hydrogen-bond acceptors (Lipinski definition) is 2. The zero-order chi connectivity index (χ0) is 14.4. The van der Waals surface area contributed by atoms with Crippen LogP contribution in [0.15, 0.2) is 6.07 Å². The predicted molar refractivity (Wildman–Crippen MR) is 81.3 cm³/mol. The maximum Gasteiger partial charge on any atom is 0.0693 e. The quantitative estimate of drug-likeness (QED) is 0.822. The minimum absolute atomic E-state index is 0.154. The Morgan fingerprint density at radius 2 is 1.85 bits per heavy atom. The highest BCUT2D eigenvalue weighted by molar-refractivity contribution is 5.16. The van der Waals surface area contributed by atoms with Crippen LogP contribution in [0.1, 0.15) is 70.2 Å². The molecule has 1 fully saturated rings. The Hall–Kier alpha value is -1.30. The molecule has 1 aromatic heterocycles. The van der Waals surface area contributed by atoms with Gasteiger partial charge in [0.15, 0.2) is 0 Å². The minimum Gasteiger partial charge on any atom is -0.270 e. The van der Waals surface area contributed by atoms with Crippen LogP contribution in [0.3, 0.4) is 0 Å². The first-order valence-corrected chi connectivity index (χ1v) is 8.20. The molecule has 3 heteroatoms. The summed E-state index contributed by atoms with van der Waals surface area (Å²) in [6, 6.07) is 4.88. The van der Waals surface area contributed by atoms with E-state index in [4.69, 9.17) is 0 Å². The molecule has 1 aliphatic rings. The number of nitrogens with zero attached hydrogens (tertiary/aromatic N) is 3. The van der Waals surface area contributed by atoms with Gasteiger partial charge in [0.1, 0.15) is 0 Å². The molecule has 20 heavy (non-hydrogen) atoms. The summed E-state index contributed by atoms with van der Waals surface area (Å²) < 4.78 is 2.09. The molecule has 0 radical (unpaired) electrons. The van der Waals surface area contributed by atoms with Gasteiger partial charge in [0.25, 0.3) is 0 Å². The molecule has 0 saturated heterocycles. The number of nitriles is 1. The lowest BCUT2D eigenvalue weighted by molar-refractivity contribution is 0.281. The van der Waals surface area contributed by atoms with E-state index in [1.165, 1.54) is 37.8 Å². The molecule has 110 valence electrons. The monoisotopic (exact) mass is 273 g/mol. The molecule has 3 nitrogen and oxygen atoms in total. The van der Waals surface area contributed by atoms with E-state index in [0.717, 1.165) is 37.9 Å². The number of hydrogen-bond donors (Lipinski definition) is 0. The first-order chi connectivity index (χ1) is 9.73. The van der Waals surface area contributed by atoms with E-state index in [-0.39, 0.29) is 5.41 Å². The van der Waals surface area contributed by atoms with E-state index >= 15 is 0 Å². The molecular weight excluding hydrogens is 246 g/mol. The minimum atomic E-state index is -0.154. The van der Waals surface area contributed by atoms with Crippen molar-refractivity contribution in [3.05, 3.63) is 17.5 Å². The average Bonchev–Trinajstić information content (AvgIpc) is 2.84. The molecule has 0 aliphatic heterocycles. The third kappa shape index (κ3) is 3.42. The average molecular weight is 273 g/mol. The van der Waals surface area contributed by atoms with Crippen LogP contribution in [0.25, 0.3) is 0 Å². The summed E-state index contributed by atoms with van der Waals surface area (Å²) in [4.78, 5) is 0. The number of rotatable bonds is 4. The van der Waals surface area contributed by atoms with Crippen molar-refractivity contribution in [2.24, 2.45) is 5.41 Å². The maximum absolute atomic E-state index is 9.77. The van der Waals surface area contributed by atoms with Crippen molar-refractivity contribution in [3.63, 3.8) is 0 Å². The first-order valence-electron chi connectivity index (χ1n) is 8.20. The summed E-state index contributed by atoms with van der Waals surface area (Å²) in [5.74, 6) is 0. The fourth-order valence-electron chi connectivity index (χ4n) is 3.36. The second-order valence-electron chi connectivity index (χ2n) is 6.13. The number of aryl methyl sites for hydroxylation is 2. The highest BCUT2D eigenvalue weighted by Crippen LogP contribution is 2.37. The van der Waals surface area contributed by atoms with E-state index in [1.54, 1.807) is 0 Å². The van der Waals surface area contributed by atoms with E-state index in [1.807, 2.05) is 0 Å². The Morgan fingerprint density at radius 3 is 2.40 bits per heavy atom. The van der Waals surface area contributed by atoms with Crippen LogP contribution in [0.5, 0.6) is 0 Å². The van der Waals surface area contributed by atoms with E-state index < -0.39 is 0 Å². The highest BCUT2D eigenvalue weighted by atomic mass is 15.3. The normalized spacial score (nSPS) is 19.1. The van der Waals surface area contributed by atoms with Gasteiger partial charge in [-0.15, -0.1) is 0 Å². The van der Waals surface area contributed by atoms with Crippen molar-refractivity contribution in [2.45, 2.75) is 78.2 Å². The van der Waals surface area contributed by atoms with Gasteiger partial charge in [-0.2, -0.15) is 10.4 Å². The molecule has 2 rings (SSSR count). The molecule has 1 saturated carbocycles. The Kier molecular flexibility index (Phi) is 5.23. The van der Waals surface area contributed by atoms with Crippen LogP contribution in [-0.2, 0) is 19.4 Å². The van der Waals surface area contributed by atoms with E-state index in [0.29, 0.717) is 0 Å². The Morgan fingerprint density at radius 1 is 1.20 bits per heavy atom. The molecule has 0 amide bonds. The van der Waals surface area contributed by atoms with Crippen LogP contribution < -0.4 is 0 Å². The lowest BCUT2D eigenvalue weighted by atomic mass is 9.74. The largest absolute Gasteiger partial charge is 0.270 e. The number of aromatic nitrogens is 2. The van der Waals surface area contributed by atoms with Crippen molar-refractivity contribution in [2.75, 3.05) is 0 Å². The van der Waals surface area contributed by atoms with Crippen molar-refractivity contribution < 1.29 is 0 Å². The fourth-order valence-corrected chi connectivity index (χ4v) is 3.36. The highest BCUT2D eigenvalue weighted by Gasteiger charge is 2.31. The molecule has 0 atom stereocenters. The summed E-state index contributed by atoms with van der Waals surface area (Å²) >= 11 is 0. The van der Waals surface area contributed by atoms with Gasteiger partial charge >= 0.3 is 0 Å². The molecule has 1 heterocycles. The molecule has 0 bridgehead atoms. The second kappa shape index (κ2) is 6.92. The lowest BCUT2D eigenvalue weighted by Crippen LogP contribution is -2.24. The molecule has 0 unspecified atom stereocenters. The zero-order valence-corrected chi connectivity index (χ0v) is 13.0. The molecule has 0 N–H and O–H groups in total.